The minimum atomic E-state index is -0.994. The van der Waals surface area contributed by atoms with Crippen LogP contribution >= 0.6 is 0 Å². The number of benzene rings is 1. The molecule has 1 rings (SSSR count). The first-order chi connectivity index (χ1) is 11.5. The van der Waals surface area contributed by atoms with Gasteiger partial charge in [-0.3, -0.25) is 4.79 Å². The van der Waals surface area contributed by atoms with Gasteiger partial charge >= 0.3 is 5.97 Å². The van der Waals surface area contributed by atoms with Gasteiger partial charge in [-0.15, -0.1) is 23.8 Å². The molecule has 3 radical (unpaired) electrons. The molecule has 0 bridgehead atoms. The van der Waals surface area contributed by atoms with Crippen LogP contribution in [0.1, 0.15) is 63.0 Å². The number of hydrogen-bond donors (Lipinski definition) is 3. The van der Waals surface area contributed by atoms with Gasteiger partial charge in [0, 0.05) is 105 Å². The molecule has 0 heterocycles. The van der Waals surface area contributed by atoms with E-state index in [1.807, 2.05) is 30.3 Å². The molecule has 0 aliphatic rings. The average molecular weight is 600 g/mol. The first-order valence-electron chi connectivity index (χ1n) is 8.73. The standard InChI is InChI=1S/C20H29O4.3Y/c1-2-3-4-5-9-16-10-6-7-11-17(16)14-15-19(22)18(21)12-8-13-20(23)24;;;/h6-7,9-11,14-15,18-19,21-22H,2-5,8,12-13H2,1H3,(H,23,24);;;/q-1;;;/b15-14+;;;/t18-,19+;;;/m0.../s1. The predicted molar refractivity (Wildman–Crippen MR) is 96.5 cm³/mol. The van der Waals surface area contributed by atoms with Gasteiger partial charge in [-0.2, -0.15) is 18.1 Å². The largest absolute Gasteiger partial charge is 0.481 e. The fourth-order valence-corrected chi connectivity index (χ4v) is 2.46. The van der Waals surface area contributed by atoms with E-state index in [1.165, 1.54) is 19.3 Å². The molecule has 2 atom stereocenters. The van der Waals surface area contributed by atoms with Crippen molar-refractivity contribution >= 4 is 12.0 Å². The van der Waals surface area contributed by atoms with Crippen LogP contribution in [0.3, 0.4) is 0 Å². The first-order valence-corrected chi connectivity index (χ1v) is 8.73. The Morgan fingerprint density at radius 1 is 1.11 bits per heavy atom. The molecule has 1 aromatic rings. The summed E-state index contributed by atoms with van der Waals surface area (Å²) in [7, 11) is 0. The third-order valence-electron chi connectivity index (χ3n) is 3.93. The number of hydrogen-bond acceptors (Lipinski definition) is 3. The number of aliphatic hydroxyl groups excluding tert-OH is 2. The van der Waals surface area contributed by atoms with Gasteiger partial charge in [0.15, 0.2) is 0 Å². The van der Waals surface area contributed by atoms with E-state index in [9.17, 15) is 15.0 Å². The van der Waals surface area contributed by atoms with Crippen molar-refractivity contribution in [2.75, 3.05) is 0 Å². The van der Waals surface area contributed by atoms with Crippen LogP contribution in [0.4, 0.5) is 0 Å². The number of carboxylic acids is 1. The van der Waals surface area contributed by atoms with E-state index < -0.39 is 18.2 Å². The van der Waals surface area contributed by atoms with Crippen LogP contribution in [0.25, 0.3) is 6.08 Å². The molecule has 0 aromatic heterocycles. The fourth-order valence-electron chi connectivity index (χ4n) is 2.46. The number of carbonyl (C=O) groups is 1. The molecular formula is C20H29O4Y3-. The van der Waals surface area contributed by atoms with Crippen molar-refractivity contribution in [3.8, 4) is 0 Å². The van der Waals surface area contributed by atoms with Crippen molar-refractivity contribution in [2.45, 2.75) is 64.1 Å². The molecular weight excluding hydrogens is 571 g/mol. The van der Waals surface area contributed by atoms with Crippen molar-refractivity contribution < 1.29 is 118 Å². The normalized spacial score (nSPS) is 12.3. The van der Waals surface area contributed by atoms with E-state index in [-0.39, 0.29) is 111 Å². The Hall–Kier alpha value is 1.53. The molecule has 0 saturated heterocycles. The molecule has 7 heteroatoms. The van der Waals surface area contributed by atoms with Crippen molar-refractivity contribution in [2.24, 2.45) is 0 Å². The van der Waals surface area contributed by atoms with E-state index in [4.69, 9.17) is 5.11 Å². The summed E-state index contributed by atoms with van der Waals surface area (Å²) in [5.74, 6) is -0.889. The quantitative estimate of drug-likeness (QED) is 0.252. The molecule has 0 fully saturated rings. The van der Waals surface area contributed by atoms with Gasteiger partial charge in [0.05, 0.1) is 12.2 Å². The van der Waals surface area contributed by atoms with Gasteiger partial charge in [0.1, 0.15) is 0 Å². The molecule has 0 aliphatic carbocycles. The first kappa shape index (κ1) is 33.2. The second kappa shape index (κ2) is 20.8. The van der Waals surface area contributed by atoms with E-state index >= 15 is 0 Å². The topological polar surface area (TPSA) is 77.8 Å². The minimum Gasteiger partial charge on any atom is -0.481 e. The molecule has 0 spiro atoms. The third kappa shape index (κ3) is 16.0. The molecule has 27 heavy (non-hydrogen) atoms. The summed E-state index contributed by atoms with van der Waals surface area (Å²) in [6.45, 7) is 2.18. The molecule has 143 valence electrons. The smallest absolute Gasteiger partial charge is 0.303 e. The van der Waals surface area contributed by atoms with Crippen LogP contribution in [0, 0.1) is 6.42 Å². The van der Waals surface area contributed by atoms with Gasteiger partial charge in [0.2, 0.25) is 0 Å². The Morgan fingerprint density at radius 3 is 2.41 bits per heavy atom. The number of aliphatic carboxylic acids is 1. The molecule has 0 aliphatic heterocycles. The Bertz CT molecular complexity index is 524. The maximum atomic E-state index is 10.5. The van der Waals surface area contributed by atoms with Crippen molar-refractivity contribution in [1.82, 2.24) is 0 Å². The average Bonchev–Trinajstić information content (AvgIpc) is 2.57. The summed E-state index contributed by atoms with van der Waals surface area (Å²) in [5.41, 5.74) is 2.13. The predicted octanol–water partition coefficient (Wildman–Crippen LogP) is 3.80. The van der Waals surface area contributed by atoms with Crippen molar-refractivity contribution in [1.29, 1.82) is 0 Å². The summed E-state index contributed by atoms with van der Waals surface area (Å²) in [5, 5.41) is 28.5. The summed E-state index contributed by atoms with van der Waals surface area (Å²) in [6, 6.07) is 7.95. The molecule has 0 saturated carbocycles. The Labute approximate surface area is 239 Å². The van der Waals surface area contributed by atoms with E-state index in [1.54, 1.807) is 6.08 Å². The number of unbranched alkanes of at least 4 members (excludes halogenated alkanes) is 3. The SMILES string of the molecule is CCCCC[CH-]c1ccccc1/C=C/[C@@H](O)[C@@H](O)CCCC(=O)O.[Y].[Y].[Y]. The van der Waals surface area contributed by atoms with Crippen LogP contribution in [0.5, 0.6) is 0 Å². The van der Waals surface area contributed by atoms with Gasteiger partial charge in [-0.05, 0) is 12.8 Å². The zero-order valence-electron chi connectivity index (χ0n) is 16.1. The number of aliphatic hydroxyl groups is 2. The van der Waals surface area contributed by atoms with Crippen LogP contribution in [0.2, 0.25) is 0 Å². The van der Waals surface area contributed by atoms with Gasteiger partial charge < -0.3 is 15.3 Å². The van der Waals surface area contributed by atoms with Crippen molar-refractivity contribution in [3.63, 3.8) is 0 Å². The van der Waals surface area contributed by atoms with Crippen LogP contribution in [0.15, 0.2) is 30.3 Å². The number of carboxylic acid groups (broad SMARTS) is 1. The summed E-state index contributed by atoms with van der Waals surface area (Å²) < 4.78 is 0. The van der Waals surface area contributed by atoms with Crippen LogP contribution in [-0.2, 0) is 103 Å². The molecule has 4 nitrogen and oxygen atoms in total. The summed E-state index contributed by atoms with van der Waals surface area (Å²) in [4.78, 5) is 10.5. The maximum Gasteiger partial charge on any atom is 0.303 e. The second-order valence-corrected chi connectivity index (χ2v) is 6.03. The van der Waals surface area contributed by atoms with E-state index in [0.717, 1.165) is 17.5 Å². The molecule has 0 unspecified atom stereocenters. The van der Waals surface area contributed by atoms with Gasteiger partial charge in [-0.1, -0.05) is 44.7 Å². The fraction of sp³-hybridized carbons (Fsp3) is 0.500. The molecule has 3 N–H and O–H groups in total. The van der Waals surface area contributed by atoms with E-state index in [2.05, 4.69) is 13.3 Å². The maximum absolute atomic E-state index is 10.5. The molecule has 1 aromatic carbocycles. The minimum absolute atomic E-state index is 0. The Balaban J connectivity index is -0.00000192. The van der Waals surface area contributed by atoms with Gasteiger partial charge in [-0.25, -0.2) is 0 Å². The van der Waals surface area contributed by atoms with Gasteiger partial charge in [0.25, 0.3) is 0 Å². The number of rotatable bonds is 12. The van der Waals surface area contributed by atoms with Crippen molar-refractivity contribution in [3.05, 3.63) is 47.9 Å². The zero-order chi connectivity index (χ0) is 17.8. The van der Waals surface area contributed by atoms with Crippen LogP contribution in [-0.4, -0.2) is 33.5 Å². The third-order valence-corrected chi connectivity index (χ3v) is 3.93. The summed E-state index contributed by atoms with van der Waals surface area (Å²) >= 11 is 0. The second-order valence-electron chi connectivity index (χ2n) is 6.03. The van der Waals surface area contributed by atoms with Crippen LogP contribution < -0.4 is 0 Å². The Kier molecular flexibility index (Phi) is 25.5. The summed E-state index contributed by atoms with van der Waals surface area (Å²) in [6.07, 6.45) is 8.88. The van der Waals surface area contributed by atoms with E-state index in [0.29, 0.717) is 6.42 Å². The zero-order valence-corrected chi connectivity index (χ0v) is 24.6. The molecule has 0 amide bonds. The Morgan fingerprint density at radius 2 is 1.78 bits per heavy atom. The monoisotopic (exact) mass is 600 g/mol.